The number of carbonyl (C=O) groups is 3. The number of Topliss-reactive ketones (excluding diaryl/α,β-unsaturated/α-hetero) is 1. The van der Waals surface area contributed by atoms with Crippen LogP contribution >= 0.6 is 0 Å². The third-order valence-electron chi connectivity index (χ3n) is 5.45. The number of amides is 2. The van der Waals surface area contributed by atoms with E-state index in [1.807, 2.05) is 30.3 Å². The summed E-state index contributed by atoms with van der Waals surface area (Å²) in [7, 11) is 0. The predicted molar refractivity (Wildman–Crippen MR) is 106 cm³/mol. The minimum atomic E-state index is -0.899. The molecule has 1 heterocycles. The van der Waals surface area contributed by atoms with Gasteiger partial charge in [0.15, 0.2) is 5.78 Å². The van der Waals surface area contributed by atoms with E-state index in [2.05, 4.69) is 5.32 Å². The standard InChI is InChI=1S/C23H21FN2O3/c24-17-8-4-7-16(13-17)22-23(29)25-11-12-26(22)21(28)14-19-18(9-10-20(19)27)15-5-2-1-3-6-15/h1-8,13,22H,9-12,14H2,(H,25,29). The van der Waals surface area contributed by atoms with Gasteiger partial charge < -0.3 is 10.2 Å². The molecule has 1 atom stereocenters. The maximum atomic E-state index is 13.7. The fourth-order valence-electron chi connectivity index (χ4n) is 4.07. The summed E-state index contributed by atoms with van der Waals surface area (Å²) in [5.74, 6) is -1.13. The number of carbonyl (C=O) groups excluding carboxylic acids is 3. The van der Waals surface area contributed by atoms with Gasteiger partial charge in [-0.25, -0.2) is 4.39 Å². The largest absolute Gasteiger partial charge is 0.352 e. The van der Waals surface area contributed by atoms with Crippen LogP contribution in [0.2, 0.25) is 0 Å². The summed E-state index contributed by atoms with van der Waals surface area (Å²) < 4.78 is 13.7. The average molecular weight is 392 g/mol. The number of halogens is 1. The van der Waals surface area contributed by atoms with Gasteiger partial charge in [-0.3, -0.25) is 14.4 Å². The van der Waals surface area contributed by atoms with Gasteiger partial charge in [-0.05, 0) is 35.3 Å². The van der Waals surface area contributed by atoms with Crippen molar-refractivity contribution in [2.24, 2.45) is 0 Å². The van der Waals surface area contributed by atoms with E-state index in [9.17, 15) is 18.8 Å². The molecule has 1 N–H and O–H groups in total. The maximum absolute atomic E-state index is 13.7. The van der Waals surface area contributed by atoms with Gasteiger partial charge in [0.05, 0.1) is 6.42 Å². The number of ketones is 1. The highest BCUT2D eigenvalue weighted by molar-refractivity contribution is 6.10. The molecule has 2 aliphatic rings. The van der Waals surface area contributed by atoms with Crippen molar-refractivity contribution in [3.8, 4) is 0 Å². The molecule has 0 spiro atoms. The first-order valence-electron chi connectivity index (χ1n) is 9.68. The van der Waals surface area contributed by atoms with Crippen LogP contribution in [0.1, 0.15) is 36.4 Å². The molecule has 5 nitrogen and oxygen atoms in total. The van der Waals surface area contributed by atoms with Gasteiger partial charge in [0.2, 0.25) is 11.8 Å². The molecule has 1 aliphatic carbocycles. The molecular formula is C23H21FN2O3. The minimum absolute atomic E-state index is 0.0269. The van der Waals surface area contributed by atoms with Crippen LogP contribution in [0.15, 0.2) is 60.2 Å². The number of allylic oxidation sites excluding steroid dienone is 1. The molecule has 2 aromatic carbocycles. The van der Waals surface area contributed by atoms with E-state index in [1.54, 1.807) is 6.07 Å². The highest BCUT2D eigenvalue weighted by Crippen LogP contribution is 2.34. The van der Waals surface area contributed by atoms with Crippen LogP contribution in [-0.2, 0) is 14.4 Å². The molecular weight excluding hydrogens is 371 g/mol. The molecule has 1 unspecified atom stereocenters. The zero-order valence-electron chi connectivity index (χ0n) is 15.9. The van der Waals surface area contributed by atoms with E-state index in [-0.39, 0.29) is 24.0 Å². The summed E-state index contributed by atoms with van der Waals surface area (Å²) in [6, 6.07) is 14.4. The van der Waals surface area contributed by atoms with Crippen molar-refractivity contribution in [1.82, 2.24) is 10.2 Å². The topological polar surface area (TPSA) is 66.5 Å². The first-order chi connectivity index (χ1) is 14.0. The quantitative estimate of drug-likeness (QED) is 0.870. The summed E-state index contributed by atoms with van der Waals surface area (Å²) in [6.07, 6.45) is 0.947. The average Bonchev–Trinajstić information content (AvgIpc) is 3.08. The Hall–Kier alpha value is -3.28. The van der Waals surface area contributed by atoms with Crippen LogP contribution in [0, 0.1) is 5.82 Å². The fourth-order valence-corrected chi connectivity index (χ4v) is 4.07. The molecule has 6 heteroatoms. The van der Waals surface area contributed by atoms with Crippen molar-refractivity contribution in [2.45, 2.75) is 25.3 Å². The lowest BCUT2D eigenvalue weighted by molar-refractivity contribution is -0.143. The highest BCUT2D eigenvalue weighted by atomic mass is 19.1. The van der Waals surface area contributed by atoms with Crippen LogP contribution in [0.25, 0.3) is 5.57 Å². The van der Waals surface area contributed by atoms with E-state index < -0.39 is 11.9 Å². The van der Waals surface area contributed by atoms with Gasteiger partial charge in [-0.15, -0.1) is 0 Å². The van der Waals surface area contributed by atoms with Crippen molar-refractivity contribution < 1.29 is 18.8 Å². The minimum Gasteiger partial charge on any atom is -0.352 e. The Kier molecular flexibility index (Phi) is 5.25. The van der Waals surface area contributed by atoms with E-state index in [0.29, 0.717) is 37.1 Å². The van der Waals surface area contributed by atoms with E-state index in [1.165, 1.54) is 23.1 Å². The highest BCUT2D eigenvalue weighted by Gasteiger charge is 2.36. The number of hydrogen-bond acceptors (Lipinski definition) is 3. The molecule has 0 saturated carbocycles. The lowest BCUT2D eigenvalue weighted by Gasteiger charge is -2.35. The number of nitrogens with zero attached hydrogens (tertiary/aromatic N) is 1. The Bertz CT molecular complexity index is 1000. The van der Waals surface area contributed by atoms with Gasteiger partial charge in [-0.2, -0.15) is 0 Å². The molecule has 0 bridgehead atoms. The molecule has 1 saturated heterocycles. The van der Waals surface area contributed by atoms with E-state index in [4.69, 9.17) is 0 Å². The first-order valence-corrected chi connectivity index (χ1v) is 9.68. The second-order valence-corrected chi connectivity index (χ2v) is 7.26. The van der Waals surface area contributed by atoms with E-state index >= 15 is 0 Å². The van der Waals surface area contributed by atoms with Gasteiger partial charge in [0.1, 0.15) is 11.9 Å². The van der Waals surface area contributed by atoms with Crippen molar-refractivity contribution in [2.75, 3.05) is 13.1 Å². The zero-order valence-corrected chi connectivity index (χ0v) is 15.9. The Labute approximate surface area is 168 Å². The molecule has 0 radical (unpaired) electrons. The lowest BCUT2D eigenvalue weighted by atomic mass is 9.98. The van der Waals surface area contributed by atoms with Gasteiger partial charge >= 0.3 is 0 Å². The summed E-state index contributed by atoms with van der Waals surface area (Å²) >= 11 is 0. The van der Waals surface area contributed by atoms with Crippen LogP contribution < -0.4 is 5.32 Å². The number of piperazine rings is 1. The number of nitrogens with one attached hydrogen (secondary N) is 1. The number of rotatable bonds is 4. The molecule has 4 rings (SSSR count). The summed E-state index contributed by atoms with van der Waals surface area (Å²) in [5.41, 5.74) is 2.78. The second-order valence-electron chi connectivity index (χ2n) is 7.26. The third kappa shape index (κ3) is 3.83. The van der Waals surface area contributed by atoms with Gasteiger partial charge in [0.25, 0.3) is 0 Å². The number of benzene rings is 2. The Balaban J connectivity index is 1.64. The molecule has 1 fully saturated rings. The monoisotopic (exact) mass is 392 g/mol. The molecule has 2 amide bonds. The summed E-state index contributed by atoms with van der Waals surface area (Å²) in [4.78, 5) is 39.6. The first kappa shape index (κ1) is 19.1. The Morgan fingerprint density at radius 3 is 2.62 bits per heavy atom. The van der Waals surface area contributed by atoms with Crippen LogP contribution in [0.3, 0.4) is 0 Å². The van der Waals surface area contributed by atoms with Gasteiger partial charge in [-0.1, -0.05) is 42.5 Å². The maximum Gasteiger partial charge on any atom is 0.247 e. The van der Waals surface area contributed by atoms with E-state index in [0.717, 1.165) is 11.1 Å². The third-order valence-corrected chi connectivity index (χ3v) is 5.45. The fraction of sp³-hybridized carbons (Fsp3) is 0.261. The van der Waals surface area contributed by atoms with Crippen molar-refractivity contribution in [3.63, 3.8) is 0 Å². The smallest absolute Gasteiger partial charge is 0.247 e. The molecule has 2 aromatic rings. The van der Waals surface area contributed by atoms with Crippen molar-refractivity contribution >= 4 is 23.2 Å². The van der Waals surface area contributed by atoms with Crippen molar-refractivity contribution in [3.05, 3.63) is 77.1 Å². The lowest BCUT2D eigenvalue weighted by Crippen LogP contribution is -2.52. The zero-order chi connectivity index (χ0) is 20.4. The van der Waals surface area contributed by atoms with Gasteiger partial charge in [0, 0.05) is 25.1 Å². The van der Waals surface area contributed by atoms with Crippen LogP contribution in [0.5, 0.6) is 0 Å². The SMILES string of the molecule is O=C1CCC(c2ccccc2)=C1CC(=O)N1CCNC(=O)C1c1cccc(F)c1. The molecule has 148 valence electrons. The van der Waals surface area contributed by atoms with Crippen LogP contribution in [-0.4, -0.2) is 35.6 Å². The van der Waals surface area contributed by atoms with Crippen LogP contribution in [0.4, 0.5) is 4.39 Å². The normalized spacial score (nSPS) is 19.5. The predicted octanol–water partition coefficient (Wildman–Crippen LogP) is 3.03. The summed E-state index contributed by atoms with van der Waals surface area (Å²) in [6.45, 7) is 0.642. The number of hydrogen-bond donors (Lipinski definition) is 1. The second kappa shape index (κ2) is 7.99. The molecule has 1 aliphatic heterocycles. The van der Waals surface area contributed by atoms with Crippen molar-refractivity contribution in [1.29, 1.82) is 0 Å². The Morgan fingerprint density at radius 2 is 1.86 bits per heavy atom. The molecule has 0 aromatic heterocycles. The molecule has 29 heavy (non-hydrogen) atoms. The summed E-state index contributed by atoms with van der Waals surface area (Å²) in [5, 5.41) is 2.74. The Morgan fingerprint density at radius 1 is 1.07 bits per heavy atom.